The van der Waals surface area contributed by atoms with E-state index in [2.05, 4.69) is 44.7 Å². The van der Waals surface area contributed by atoms with E-state index < -0.39 is 0 Å². The lowest BCUT2D eigenvalue weighted by atomic mass is 9.78. The summed E-state index contributed by atoms with van der Waals surface area (Å²) in [4.78, 5) is 21.7. The normalized spacial score (nSPS) is 27.6. The van der Waals surface area contributed by atoms with E-state index in [1.165, 1.54) is 18.5 Å². The summed E-state index contributed by atoms with van der Waals surface area (Å²) in [5.41, 5.74) is 2.15. The van der Waals surface area contributed by atoms with Gasteiger partial charge in [0.1, 0.15) is 0 Å². The minimum atomic E-state index is -0.101. The van der Waals surface area contributed by atoms with Crippen LogP contribution in [0.4, 0.5) is 5.69 Å². The molecule has 1 saturated carbocycles. The number of amidine groups is 1. The van der Waals surface area contributed by atoms with E-state index in [1.54, 1.807) is 4.90 Å². The number of aliphatic imine (C=N–C) groups is 1. The van der Waals surface area contributed by atoms with Gasteiger partial charge in [0.05, 0.1) is 6.04 Å². The van der Waals surface area contributed by atoms with Crippen molar-refractivity contribution >= 4 is 23.7 Å². The molecule has 3 rings (SSSR count). The first-order valence-corrected chi connectivity index (χ1v) is 11.1. The summed E-state index contributed by atoms with van der Waals surface area (Å²) in [6.07, 6.45) is 5.34. The van der Waals surface area contributed by atoms with Crippen molar-refractivity contribution in [3.05, 3.63) is 35.6 Å². The summed E-state index contributed by atoms with van der Waals surface area (Å²) >= 11 is 0. The predicted molar refractivity (Wildman–Crippen MR) is 120 cm³/mol. The Kier molecular flexibility index (Phi) is 6.99. The summed E-state index contributed by atoms with van der Waals surface area (Å²) in [5.74, 6) is 1.42. The third-order valence-electron chi connectivity index (χ3n) is 6.46. The smallest absolute Gasteiger partial charge is 0.300 e. The summed E-state index contributed by atoms with van der Waals surface area (Å²) in [6, 6.07) is 8.95. The number of hydrogen-bond donors (Lipinski definition) is 0. The number of ether oxygens (including phenoxy) is 1. The monoisotopic (exact) mass is 397 g/mol. The van der Waals surface area contributed by atoms with Crippen molar-refractivity contribution in [2.75, 3.05) is 24.5 Å². The van der Waals surface area contributed by atoms with Gasteiger partial charge in [-0.05, 0) is 62.8 Å². The minimum absolute atomic E-state index is 0.101. The first kappa shape index (κ1) is 21.4. The van der Waals surface area contributed by atoms with Crippen LogP contribution in [0.3, 0.4) is 0 Å². The van der Waals surface area contributed by atoms with Gasteiger partial charge >= 0.3 is 6.02 Å². The maximum Gasteiger partial charge on any atom is 0.300 e. The number of anilines is 1. The second-order valence-corrected chi connectivity index (χ2v) is 8.17. The first-order valence-electron chi connectivity index (χ1n) is 11.1. The van der Waals surface area contributed by atoms with Crippen molar-refractivity contribution in [1.82, 2.24) is 4.90 Å². The maximum atomic E-state index is 12.9. The zero-order valence-electron chi connectivity index (χ0n) is 18.5. The van der Waals surface area contributed by atoms with E-state index in [0.29, 0.717) is 30.2 Å². The van der Waals surface area contributed by atoms with Gasteiger partial charge in [-0.2, -0.15) is 0 Å². The Morgan fingerprint density at radius 1 is 1.14 bits per heavy atom. The van der Waals surface area contributed by atoms with Crippen molar-refractivity contribution in [2.24, 2.45) is 16.8 Å². The second kappa shape index (κ2) is 9.47. The number of rotatable bonds is 6. The molecule has 2 fully saturated rings. The van der Waals surface area contributed by atoms with Gasteiger partial charge < -0.3 is 9.64 Å². The lowest BCUT2D eigenvalue weighted by molar-refractivity contribution is -0.122. The fourth-order valence-corrected chi connectivity index (χ4v) is 4.28. The lowest BCUT2D eigenvalue weighted by Crippen LogP contribution is -2.33. The van der Waals surface area contributed by atoms with Crippen LogP contribution in [0.2, 0.25) is 0 Å². The molecule has 1 heterocycles. The minimum Gasteiger partial charge on any atom is -0.420 e. The fraction of sp³-hybridized carbons (Fsp3) is 0.583. The van der Waals surface area contributed by atoms with E-state index in [0.717, 1.165) is 25.1 Å². The number of likely N-dealkylation sites (N-methyl/N-ethyl adjacent to an activating group) is 1. The van der Waals surface area contributed by atoms with Crippen LogP contribution >= 0.6 is 0 Å². The molecular weight excluding hydrogens is 362 g/mol. The Morgan fingerprint density at radius 3 is 2.45 bits per heavy atom. The Balaban J connectivity index is 1.80. The molecule has 0 aromatic heterocycles. The zero-order chi connectivity index (χ0) is 21.0. The predicted octanol–water partition coefficient (Wildman–Crippen LogP) is 4.93. The van der Waals surface area contributed by atoms with E-state index in [-0.39, 0.29) is 11.9 Å². The number of carbonyl (C=O) groups excluding carboxylic acids is 1. The third-order valence-corrected chi connectivity index (χ3v) is 6.46. The Labute approximate surface area is 175 Å². The summed E-state index contributed by atoms with van der Waals surface area (Å²) in [6.45, 7) is 13.3. The molecule has 0 N–H and O–H groups in total. The van der Waals surface area contributed by atoms with Crippen LogP contribution in [0.1, 0.15) is 59.4 Å². The molecular formula is C24H35N3O2. The molecule has 1 saturated heterocycles. The van der Waals surface area contributed by atoms with Crippen LogP contribution in [-0.2, 0) is 9.53 Å². The molecule has 5 nitrogen and oxygen atoms in total. The van der Waals surface area contributed by atoms with Crippen LogP contribution in [-0.4, -0.2) is 42.5 Å². The van der Waals surface area contributed by atoms with Gasteiger partial charge in [0.15, 0.2) is 5.76 Å². The van der Waals surface area contributed by atoms with Crippen molar-refractivity contribution in [1.29, 1.82) is 0 Å². The van der Waals surface area contributed by atoms with Gasteiger partial charge in [0, 0.05) is 25.3 Å². The van der Waals surface area contributed by atoms with Crippen molar-refractivity contribution in [2.45, 2.75) is 59.9 Å². The summed E-state index contributed by atoms with van der Waals surface area (Å²) in [7, 11) is 0. The van der Waals surface area contributed by atoms with Crippen LogP contribution in [0.15, 0.2) is 35.0 Å². The molecule has 0 spiro atoms. The van der Waals surface area contributed by atoms with Gasteiger partial charge in [-0.1, -0.05) is 38.8 Å². The number of hydrogen-bond acceptors (Lipinski definition) is 4. The fourth-order valence-electron chi connectivity index (χ4n) is 4.28. The molecule has 0 radical (unpaired) electrons. The van der Waals surface area contributed by atoms with Crippen LogP contribution in [0.5, 0.6) is 0 Å². The molecule has 1 amide bonds. The van der Waals surface area contributed by atoms with E-state index >= 15 is 0 Å². The zero-order valence-corrected chi connectivity index (χ0v) is 18.5. The standard InChI is InChI=1S/C24H35N3O2/c1-6-26(7-2)20-14-12-19(13-15-20)16-22-23(28)27(8-3)24(29-22)25-21-11-9-10-17(4)18(21)5/h12-18,21H,6-11H2,1-5H3/b22-16+,25-24+. The maximum absolute atomic E-state index is 12.9. The van der Waals surface area contributed by atoms with Gasteiger partial charge in [0.25, 0.3) is 5.91 Å². The van der Waals surface area contributed by atoms with E-state index in [1.807, 2.05) is 25.1 Å². The Hall–Kier alpha value is -2.30. The first-order chi connectivity index (χ1) is 14.0. The quantitative estimate of drug-likeness (QED) is 0.639. The second-order valence-electron chi connectivity index (χ2n) is 8.17. The highest BCUT2D eigenvalue weighted by atomic mass is 16.5. The molecule has 1 aromatic carbocycles. The molecule has 0 bridgehead atoms. The lowest BCUT2D eigenvalue weighted by Gasteiger charge is -2.31. The van der Waals surface area contributed by atoms with Gasteiger partial charge in [-0.15, -0.1) is 0 Å². The van der Waals surface area contributed by atoms with Crippen molar-refractivity contribution in [3.63, 3.8) is 0 Å². The molecule has 5 heteroatoms. The highest BCUT2D eigenvalue weighted by molar-refractivity contribution is 6.11. The molecule has 158 valence electrons. The average molecular weight is 398 g/mol. The number of amides is 1. The SMILES string of the molecule is CCN1C(=O)/C(=C\c2ccc(N(CC)CC)cc2)O/C1=N/C1CCCC(C)C1C. The molecule has 29 heavy (non-hydrogen) atoms. The van der Waals surface area contributed by atoms with E-state index in [9.17, 15) is 4.79 Å². The summed E-state index contributed by atoms with van der Waals surface area (Å²) in [5, 5.41) is 0. The molecule has 1 aliphatic heterocycles. The Bertz CT molecular complexity index is 765. The van der Waals surface area contributed by atoms with Gasteiger partial charge in [0.2, 0.25) is 0 Å². The van der Waals surface area contributed by atoms with Gasteiger partial charge in [-0.3, -0.25) is 9.69 Å². The molecule has 1 aliphatic carbocycles. The Morgan fingerprint density at radius 2 is 1.83 bits per heavy atom. The number of carbonyl (C=O) groups is 1. The largest absolute Gasteiger partial charge is 0.420 e. The van der Waals surface area contributed by atoms with Crippen LogP contribution in [0.25, 0.3) is 6.08 Å². The number of benzene rings is 1. The summed E-state index contributed by atoms with van der Waals surface area (Å²) < 4.78 is 5.96. The molecule has 1 aromatic rings. The number of nitrogens with zero attached hydrogens (tertiary/aromatic N) is 3. The molecule has 3 unspecified atom stereocenters. The van der Waals surface area contributed by atoms with E-state index in [4.69, 9.17) is 9.73 Å². The highest BCUT2D eigenvalue weighted by Crippen LogP contribution is 2.32. The third kappa shape index (κ3) is 4.65. The highest BCUT2D eigenvalue weighted by Gasteiger charge is 2.36. The average Bonchev–Trinajstić information content (AvgIpc) is 3.01. The van der Waals surface area contributed by atoms with Crippen molar-refractivity contribution in [3.8, 4) is 0 Å². The topological polar surface area (TPSA) is 45.1 Å². The molecule has 2 aliphatic rings. The van der Waals surface area contributed by atoms with Gasteiger partial charge in [-0.25, -0.2) is 4.99 Å². The molecule has 3 atom stereocenters. The van der Waals surface area contributed by atoms with Crippen LogP contribution < -0.4 is 4.90 Å². The van der Waals surface area contributed by atoms with Crippen molar-refractivity contribution < 1.29 is 9.53 Å². The van der Waals surface area contributed by atoms with Crippen LogP contribution in [0, 0.1) is 11.8 Å².